The third-order valence-corrected chi connectivity index (χ3v) is 2.99. The first-order valence-electron chi connectivity index (χ1n) is 5.25. The molecular weight excluding hydrogens is 180 g/mol. The topological polar surface area (TPSA) is 72.2 Å². The SMILES string of the molecule is CC[C@@H](C(=O)NC(N)=O)C1CCCC1. The molecule has 1 fully saturated rings. The highest BCUT2D eigenvalue weighted by Gasteiger charge is 2.29. The molecule has 4 nitrogen and oxygen atoms in total. The quantitative estimate of drug-likeness (QED) is 0.719. The van der Waals surface area contributed by atoms with E-state index in [-0.39, 0.29) is 11.8 Å². The summed E-state index contributed by atoms with van der Waals surface area (Å²) < 4.78 is 0. The number of amides is 3. The summed E-state index contributed by atoms with van der Waals surface area (Å²) in [5.74, 6) is 0.205. The van der Waals surface area contributed by atoms with Gasteiger partial charge in [0, 0.05) is 5.92 Å². The molecule has 0 aliphatic heterocycles. The largest absolute Gasteiger partial charge is 0.351 e. The second kappa shape index (κ2) is 4.98. The lowest BCUT2D eigenvalue weighted by Crippen LogP contribution is -2.40. The second-order valence-electron chi connectivity index (χ2n) is 3.91. The number of hydrogen-bond donors (Lipinski definition) is 2. The summed E-state index contributed by atoms with van der Waals surface area (Å²) in [6, 6.07) is -0.744. The van der Waals surface area contributed by atoms with Crippen LogP contribution in [0.15, 0.2) is 0 Å². The van der Waals surface area contributed by atoms with Crippen LogP contribution in [0.3, 0.4) is 0 Å². The van der Waals surface area contributed by atoms with Gasteiger partial charge in [0.2, 0.25) is 5.91 Å². The van der Waals surface area contributed by atoms with Gasteiger partial charge in [0.05, 0.1) is 0 Å². The van der Waals surface area contributed by atoms with Gasteiger partial charge < -0.3 is 5.73 Å². The standard InChI is InChI=1S/C10H18N2O2/c1-2-8(7-5-3-4-6-7)9(13)12-10(11)14/h7-8H,2-6H2,1H3,(H3,11,12,13,14)/t8-/m1/s1. The van der Waals surface area contributed by atoms with Crippen LogP contribution in [0.4, 0.5) is 4.79 Å². The summed E-state index contributed by atoms with van der Waals surface area (Å²) in [5.41, 5.74) is 4.91. The van der Waals surface area contributed by atoms with E-state index in [2.05, 4.69) is 5.32 Å². The van der Waals surface area contributed by atoms with Crippen molar-refractivity contribution < 1.29 is 9.59 Å². The van der Waals surface area contributed by atoms with Crippen LogP contribution in [-0.2, 0) is 4.79 Å². The first-order valence-corrected chi connectivity index (χ1v) is 5.25. The van der Waals surface area contributed by atoms with Crippen LogP contribution in [0.5, 0.6) is 0 Å². The molecule has 1 saturated carbocycles. The number of hydrogen-bond acceptors (Lipinski definition) is 2. The van der Waals surface area contributed by atoms with Gasteiger partial charge in [-0.05, 0) is 25.2 Å². The van der Waals surface area contributed by atoms with E-state index in [1.54, 1.807) is 0 Å². The van der Waals surface area contributed by atoms with Crippen molar-refractivity contribution in [2.24, 2.45) is 17.6 Å². The summed E-state index contributed by atoms with van der Waals surface area (Å²) in [6.45, 7) is 1.98. The summed E-state index contributed by atoms with van der Waals surface area (Å²) in [4.78, 5) is 22.1. The van der Waals surface area contributed by atoms with Gasteiger partial charge in [-0.15, -0.1) is 0 Å². The number of nitrogens with one attached hydrogen (secondary N) is 1. The van der Waals surface area contributed by atoms with E-state index >= 15 is 0 Å². The van der Waals surface area contributed by atoms with E-state index in [0.717, 1.165) is 19.3 Å². The monoisotopic (exact) mass is 198 g/mol. The number of rotatable bonds is 3. The zero-order chi connectivity index (χ0) is 10.6. The molecule has 0 radical (unpaired) electrons. The molecule has 1 rings (SSSR count). The van der Waals surface area contributed by atoms with Crippen LogP contribution >= 0.6 is 0 Å². The van der Waals surface area contributed by atoms with Crippen LogP contribution < -0.4 is 11.1 Å². The van der Waals surface area contributed by atoms with E-state index in [4.69, 9.17) is 5.73 Å². The fourth-order valence-corrected chi connectivity index (χ4v) is 2.31. The van der Waals surface area contributed by atoms with Gasteiger partial charge >= 0.3 is 6.03 Å². The molecule has 0 aromatic rings. The van der Waals surface area contributed by atoms with Crippen molar-refractivity contribution in [3.63, 3.8) is 0 Å². The first-order chi connectivity index (χ1) is 6.65. The number of carbonyl (C=O) groups is 2. The van der Waals surface area contributed by atoms with E-state index in [1.807, 2.05) is 6.92 Å². The fourth-order valence-electron chi connectivity index (χ4n) is 2.31. The summed E-state index contributed by atoms with van der Waals surface area (Å²) in [5, 5.41) is 2.17. The van der Waals surface area contributed by atoms with Crippen LogP contribution in [0, 0.1) is 11.8 Å². The molecule has 3 N–H and O–H groups in total. The van der Waals surface area contributed by atoms with Gasteiger partial charge in [-0.2, -0.15) is 0 Å². The van der Waals surface area contributed by atoms with Crippen molar-refractivity contribution in [2.75, 3.05) is 0 Å². The lowest BCUT2D eigenvalue weighted by Gasteiger charge is -2.19. The summed E-state index contributed by atoms with van der Waals surface area (Å²) >= 11 is 0. The molecule has 3 amide bonds. The molecule has 1 aliphatic carbocycles. The number of carbonyl (C=O) groups excluding carboxylic acids is 2. The van der Waals surface area contributed by atoms with Gasteiger partial charge in [0.15, 0.2) is 0 Å². The Balaban J connectivity index is 2.51. The lowest BCUT2D eigenvalue weighted by atomic mass is 9.88. The van der Waals surface area contributed by atoms with Crippen molar-refractivity contribution in [2.45, 2.75) is 39.0 Å². The van der Waals surface area contributed by atoms with Gasteiger partial charge in [-0.1, -0.05) is 19.8 Å². The van der Waals surface area contributed by atoms with Crippen LogP contribution in [0.25, 0.3) is 0 Å². The molecular formula is C10H18N2O2. The van der Waals surface area contributed by atoms with Crippen LogP contribution in [-0.4, -0.2) is 11.9 Å². The molecule has 0 unspecified atom stereocenters. The van der Waals surface area contributed by atoms with Crippen molar-refractivity contribution in [3.8, 4) is 0 Å². The zero-order valence-electron chi connectivity index (χ0n) is 8.58. The Bertz CT molecular complexity index is 222. The van der Waals surface area contributed by atoms with E-state index < -0.39 is 6.03 Å². The van der Waals surface area contributed by atoms with E-state index in [0.29, 0.717) is 5.92 Å². The molecule has 0 aromatic carbocycles. The molecule has 0 heterocycles. The highest BCUT2D eigenvalue weighted by atomic mass is 16.2. The average Bonchev–Trinajstić information content (AvgIpc) is 2.57. The zero-order valence-corrected chi connectivity index (χ0v) is 8.58. The summed E-state index contributed by atoms with van der Waals surface area (Å²) in [7, 11) is 0. The first kappa shape index (κ1) is 11.0. The Kier molecular flexibility index (Phi) is 3.92. The van der Waals surface area contributed by atoms with E-state index in [1.165, 1.54) is 12.8 Å². The number of urea groups is 1. The van der Waals surface area contributed by atoms with Crippen molar-refractivity contribution in [1.82, 2.24) is 5.32 Å². The highest BCUT2D eigenvalue weighted by Crippen LogP contribution is 2.33. The van der Waals surface area contributed by atoms with Crippen molar-refractivity contribution in [3.05, 3.63) is 0 Å². The third-order valence-electron chi connectivity index (χ3n) is 2.99. The normalized spacial score (nSPS) is 19.2. The van der Waals surface area contributed by atoms with Crippen molar-refractivity contribution >= 4 is 11.9 Å². The molecule has 4 heteroatoms. The molecule has 1 aliphatic rings. The van der Waals surface area contributed by atoms with Gasteiger partial charge in [0.1, 0.15) is 0 Å². The maximum Gasteiger partial charge on any atom is 0.318 e. The molecule has 80 valence electrons. The minimum Gasteiger partial charge on any atom is -0.351 e. The molecule has 0 saturated heterocycles. The van der Waals surface area contributed by atoms with Gasteiger partial charge in [-0.3, -0.25) is 10.1 Å². The highest BCUT2D eigenvalue weighted by molar-refractivity contribution is 5.94. The smallest absolute Gasteiger partial charge is 0.318 e. The second-order valence-corrected chi connectivity index (χ2v) is 3.91. The van der Waals surface area contributed by atoms with E-state index in [9.17, 15) is 9.59 Å². The molecule has 0 aromatic heterocycles. The van der Waals surface area contributed by atoms with Crippen LogP contribution in [0.1, 0.15) is 39.0 Å². The minimum absolute atomic E-state index is 0.0370. The number of imide groups is 1. The maximum absolute atomic E-state index is 11.6. The molecule has 1 atom stereocenters. The van der Waals surface area contributed by atoms with Gasteiger partial charge in [0.25, 0.3) is 0 Å². The Morgan fingerprint density at radius 3 is 2.43 bits per heavy atom. The third kappa shape index (κ3) is 2.72. The fraction of sp³-hybridized carbons (Fsp3) is 0.800. The predicted molar refractivity (Wildman–Crippen MR) is 53.5 cm³/mol. The van der Waals surface area contributed by atoms with Gasteiger partial charge in [-0.25, -0.2) is 4.79 Å². The van der Waals surface area contributed by atoms with Crippen molar-refractivity contribution in [1.29, 1.82) is 0 Å². The maximum atomic E-state index is 11.6. The molecule has 14 heavy (non-hydrogen) atoms. The summed E-state index contributed by atoms with van der Waals surface area (Å²) in [6.07, 6.45) is 5.38. The number of primary amides is 1. The Morgan fingerprint density at radius 2 is 2.00 bits per heavy atom. The predicted octanol–water partition coefficient (Wildman–Crippen LogP) is 1.40. The number of nitrogens with two attached hydrogens (primary N) is 1. The average molecular weight is 198 g/mol. The Labute approximate surface area is 84.2 Å². The minimum atomic E-state index is -0.744. The molecule has 0 spiro atoms. The molecule has 0 bridgehead atoms. The Morgan fingerprint density at radius 1 is 1.43 bits per heavy atom. The lowest BCUT2D eigenvalue weighted by molar-refractivity contribution is -0.125. The Hall–Kier alpha value is -1.06. The van der Waals surface area contributed by atoms with Crippen LogP contribution in [0.2, 0.25) is 0 Å².